The van der Waals surface area contributed by atoms with Crippen LogP contribution in [-0.4, -0.2) is 49.8 Å². The van der Waals surface area contributed by atoms with Crippen molar-refractivity contribution in [3.05, 3.63) is 0 Å². The molecular formula is C18H36N2O. The van der Waals surface area contributed by atoms with Crippen LogP contribution in [0.2, 0.25) is 0 Å². The molecule has 0 atom stereocenters. The molecule has 0 aromatic heterocycles. The largest absolute Gasteiger partial charge is 0.381 e. The molecule has 0 unspecified atom stereocenters. The van der Waals surface area contributed by atoms with Crippen LogP contribution in [0.15, 0.2) is 0 Å². The van der Waals surface area contributed by atoms with Crippen LogP contribution in [0.1, 0.15) is 59.8 Å². The fourth-order valence-electron chi connectivity index (χ4n) is 3.30. The minimum Gasteiger partial charge on any atom is -0.381 e. The number of rotatable bonds is 9. The van der Waals surface area contributed by atoms with Crippen molar-refractivity contribution >= 4 is 0 Å². The topological polar surface area (TPSA) is 24.5 Å². The van der Waals surface area contributed by atoms with E-state index in [1.165, 1.54) is 45.2 Å². The van der Waals surface area contributed by atoms with E-state index >= 15 is 0 Å². The van der Waals surface area contributed by atoms with E-state index in [-0.39, 0.29) is 0 Å². The van der Waals surface area contributed by atoms with Crippen molar-refractivity contribution in [3.8, 4) is 0 Å². The summed E-state index contributed by atoms with van der Waals surface area (Å²) in [7, 11) is 0. The molecule has 1 N–H and O–H groups in total. The van der Waals surface area contributed by atoms with Gasteiger partial charge in [0.05, 0.1) is 0 Å². The Morgan fingerprint density at radius 2 is 1.81 bits per heavy atom. The Bertz CT molecular complexity index is 294. The maximum Gasteiger partial charge on any atom is 0.0472 e. The third kappa shape index (κ3) is 5.88. The van der Waals surface area contributed by atoms with Gasteiger partial charge in [-0.3, -0.25) is 4.90 Å². The summed E-state index contributed by atoms with van der Waals surface area (Å²) < 4.78 is 5.64. The molecule has 0 bridgehead atoms. The lowest BCUT2D eigenvalue weighted by atomic mass is 9.79. The quantitative estimate of drug-likeness (QED) is 0.706. The van der Waals surface area contributed by atoms with Gasteiger partial charge in [0.25, 0.3) is 0 Å². The molecule has 2 fully saturated rings. The van der Waals surface area contributed by atoms with E-state index in [0.29, 0.717) is 11.5 Å². The highest BCUT2D eigenvalue weighted by Gasteiger charge is 2.38. The molecule has 0 amide bonds. The molecule has 1 saturated heterocycles. The molecule has 21 heavy (non-hydrogen) atoms. The fourth-order valence-corrected chi connectivity index (χ4v) is 3.30. The lowest BCUT2D eigenvalue weighted by Gasteiger charge is -2.42. The Balaban J connectivity index is 1.94. The highest BCUT2D eigenvalue weighted by atomic mass is 16.5. The first-order valence-electron chi connectivity index (χ1n) is 9.06. The number of hydrogen-bond donors (Lipinski definition) is 1. The molecule has 0 aromatic rings. The summed E-state index contributed by atoms with van der Waals surface area (Å²) >= 11 is 0. The molecular weight excluding hydrogens is 260 g/mol. The maximum absolute atomic E-state index is 5.64. The lowest BCUT2D eigenvalue weighted by molar-refractivity contribution is -0.00733. The molecule has 1 aliphatic carbocycles. The van der Waals surface area contributed by atoms with Crippen LogP contribution in [0.4, 0.5) is 0 Å². The summed E-state index contributed by atoms with van der Waals surface area (Å²) in [6.07, 6.45) is 6.61. The Kier molecular flexibility index (Phi) is 6.51. The van der Waals surface area contributed by atoms with Gasteiger partial charge in [-0.15, -0.1) is 0 Å². The van der Waals surface area contributed by atoms with Gasteiger partial charge < -0.3 is 10.1 Å². The van der Waals surface area contributed by atoms with Crippen LogP contribution >= 0.6 is 0 Å². The van der Waals surface area contributed by atoms with Crippen molar-refractivity contribution in [2.24, 2.45) is 11.3 Å². The third-order valence-corrected chi connectivity index (χ3v) is 5.03. The molecule has 1 heterocycles. The predicted octanol–water partition coefficient (Wildman–Crippen LogP) is 3.29. The molecule has 2 aliphatic rings. The minimum atomic E-state index is 0.433. The Morgan fingerprint density at radius 3 is 2.33 bits per heavy atom. The minimum absolute atomic E-state index is 0.433. The van der Waals surface area contributed by atoms with Gasteiger partial charge in [0.15, 0.2) is 0 Å². The normalized spacial score (nSPS) is 22.4. The van der Waals surface area contributed by atoms with Gasteiger partial charge >= 0.3 is 0 Å². The number of nitrogens with one attached hydrogen (secondary N) is 1. The van der Waals surface area contributed by atoms with Gasteiger partial charge in [-0.2, -0.15) is 0 Å². The first kappa shape index (κ1) is 17.2. The average molecular weight is 296 g/mol. The van der Waals surface area contributed by atoms with Crippen molar-refractivity contribution in [3.63, 3.8) is 0 Å². The molecule has 0 aromatic carbocycles. The summed E-state index contributed by atoms with van der Waals surface area (Å²) in [6, 6.07) is 1.46. The van der Waals surface area contributed by atoms with E-state index in [1.807, 2.05) is 0 Å². The first-order valence-corrected chi connectivity index (χ1v) is 9.06. The summed E-state index contributed by atoms with van der Waals surface area (Å²) in [6.45, 7) is 14.8. The van der Waals surface area contributed by atoms with Crippen molar-refractivity contribution < 1.29 is 4.74 Å². The summed E-state index contributed by atoms with van der Waals surface area (Å²) in [5, 5.41) is 3.70. The second-order valence-corrected chi connectivity index (χ2v) is 8.03. The van der Waals surface area contributed by atoms with E-state index in [2.05, 4.69) is 37.9 Å². The zero-order valence-corrected chi connectivity index (χ0v) is 14.7. The van der Waals surface area contributed by atoms with E-state index in [1.54, 1.807) is 0 Å². The molecule has 1 saturated carbocycles. The number of hydrogen-bond acceptors (Lipinski definition) is 3. The van der Waals surface area contributed by atoms with Gasteiger partial charge in [-0.05, 0) is 50.0 Å². The molecule has 3 heteroatoms. The smallest absolute Gasteiger partial charge is 0.0472 e. The highest BCUT2D eigenvalue weighted by molar-refractivity contribution is 4.93. The number of ether oxygens (including phenoxy) is 1. The molecule has 3 nitrogen and oxygen atoms in total. The van der Waals surface area contributed by atoms with Crippen molar-refractivity contribution in [1.82, 2.24) is 10.2 Å². The standard InChI is InChI=1S/C18H36N2O/c1-15(2)7-10-20(17-5-6-17)14-18(13-19-16(3)4)8-11-21-12-9-18/h15-17,19H,5-14H2,1-4H3. The SMILES string of the molecule is CC(C)CCN(CC1(CNC(C)C)CCOCC1)C1CC1. The molecule has 0 spiro atoms. The Labute approximate surface area is 131 Å². The van der Waals surface area contributed by atoms with Gasteiger partial charge in [0, 0.05) is 38.4 Å². The van der Waals surface area contributed by atoms with Crippen LogP contribution in [-0.2, 0) is 4.74 Å². The average Bonchev–Trinajstić information content (AvgIpc) is 3.27. The summed E-state index contributed by atoms with van der Waals surface area (Å²) in [5.74, 6) is 0.811. The third-order valence-electron chi connectivity index (χ3n) is 5.03. The predicted molar refractivity (Wildman–Crippen MR) is 89.7 cm³/mol. The Morgan fingerprint density at radius 1 is 1.14 bits per heavy atom. The van der Waals surface area contributed by atoms with Crippen LogP contribution in [0, 0.1) is 11.3 Å². The summed E-state index contributed by atoms with van der Waals surface area (Å²) in [4.78, 5) is 2.80. The fraction of sp³-hybridized carbons (Fsp3) is 1.00. The van der Waals surface area contributed by atoms with Crippen LogP contribution in [0.5, 0.6) is 0 Å². The lowest BCUT2D eigenvalue weighted by Crippen LogP contribution is -2.49. The van der Waals surface area contributed by atoms with Crippen molar-refractivity contribution in [2.45, 2.75) is 71.9 Å². The highest BCUT2D eigenvalue weighted by Crippen LogP contribution is 2.36. The van der Waals surface area contributed by atoms with Crippen LogP contribution in [0.3, 0.4) is 0 Å². The maximum atomic E-state index is 5.64. The van der Waals surface area contributed by atoms with E-state index in [4.69, 9.17) is 4.74 Å². The Hall–Kier alpha value is -0.120. The number of nitrogens with zero attached hydrogens (tertiary/aromatic N) is 1. The zero-order chi connectivity index (χ0) is 15.3. The van der Waals surface area contributed by atoms with Gasteiger partial charge in [0.1, 0.15) is 0 Å². The van der Waals surface area contributed by atoms with Crippen LogP contribution in [0.25, 0.3) is 0 Å². The molecule has 2 rings (SSSR count). The summed E-state index contributed by atoms with van der Waals surface area (Å²) in [5.41, 5.74) is 0.433. The van der Waals surface area contributed by atoms with E-state index < -0.39 is 0 Å². The monoisotopic (exact) mass is 296 g/mol. The van der Waals surface area contributed by atoms with Gasteiger partial charge in [0.2, 0.25) is 0 Å². The second kappa shape index (κ2) is 7.94. The molecule has 124 valence electrons. The molecule has 1 aliphatic heterocycles. The molecule has 0 radical (unpaired) electrons. The first-order chi connectivity index (χ1) is 10.0. The zero-order valence-electron chi connectivity index (χ0n) is 14.7. The van der Waals surface area contributed by atoms with Gasteiger partial charge in [-0.25, -0.2) is 0 Å². The van der Waals surface area contributed by atoms with Crippen molar-refractivity contribution in [1.29, 1.82) is 0 Å². The van der Waals surface area contributed by atoms with E-state index in [0.717, 1.165) is 31.7 Å². The van der Waals surface area contributed by atoms with E-state index in [9.17, 15) is 0 Å². The van der Waals surface area contributed by atoms with Crippen molar-refractivity contribution in [2.75, 3.05) is 32.8 Å². The second-order valence-electron chi connectivity index (χ2n) is 8.03. The van der Waals surface area contributed by atoms with Crippen LogP contribution < -0.4 is 5.32 Å². The van der Waals surface area contributed by atoms with Gasteiger partial charge in [-0.1, -0.05) is 27.7 Å².